The molecule has 0 N–H and O–H groups in total. The van der Waals surface area contributed by atoms with E-state index in [-0.39, 0.29) is 11.6 Å². The fourth-order valence-electron chi connectivity index (χ4n) is 2.10. The van der Waals surface area contributed by atoms with Crippen LogP contribution in [0, 0.1) is 6.92 Å². The molecule has 2 heterocycles. The van der Waals surface area contributed by atoms with E-state index in [9.17, 15) is 4.79 Å². The van der Waals surface area contributed by atoms with Gasteiger partial charge < -0.3 is 4.74 Å². The van der Waals surface area contributed by atoms with E-state index in [0.717, 1.165) is 15.7 Å². The molecule has 0 bridgehead atoms. The molecule has 0 unspecified atom stereocenters. The third-order valence-corrected chi connectivity index (χ3v) is 4.11. The Balaban J connectivity index is 2.01. The Kier molecular flexibility index (Phi) is 3.88. The topological polar surface area (TPSA) is 56.5 Å². The van der Waals surface area contributed by atoms with Crippen LogP contribution in [0.25, 0.3) is 6.08 Å². The molecule has 1 aromatic carbocycles. The van der Waals surface area contributed by atoms with Crippen LogP contribution in [0.1, 0.15) is 16.8 Å². The van der Waals surface area contributed by atoms with E-state index in [4.69, 9.17) is 16.3 Å². The fraction of sp³-hybridized carbons (Fsp3) is 0.133. The second kappa shape index (κ2) is 5.70. The molecule has 22 heavy (non-hydrogen) atoms. The first-order valence-electron chi connectivity index (χ1n) is 6.43. The van der Waals surface area contributed by atoms with Crippen LogP contribution in [0.3, 0.4) is 0 Å². The van der Waals surface area contributed by atoms with E-state index in [0.29, 0.717) is 10.7 Å². The lowest BCUT2D eigenvalue weighted by Crippen LogP contribution is -2.05. The Morgan fingerprint density at radius 2 is 2.18 bits per heavy atom. The molecule has 1 aliphatic rings. The molecule has 112 valence electrons. The van der Waals surface area contributed by atoms with Gasteiger partial charge in [-0.25, -0.2) is 9.79 Å². The van der Waals surface area contributed by atoms with Gasteiger partial charge in [0.25, 0.3) is 0 Å². The SMILES string of the molecule is Cc1nn(C)c(Cl)c1/C=C1\N=C(c2cccc(Br)c2)OC1=O. The fourth-order valence-corrected chi connectivity index (χ4v) is 2.73. The van der Waals surface area contributed by atoms with E-state index < -0.39 is 5.97 Å². The lowest BCUT2D eigenvalue weighted by atomic mass is 10.2. The van der Waals surface area contributed by atoms with Gasteiger partial charge in [0.2, 0.25) is 5.90 Å². The van der Waals surface area contributed by atoms with E-state index in [1.165, 1.54) is 0 Å². The second-order valence-corrected chi connectivity index (χ2v) is 6.03. The highest BCUT2D eigenvalue weighted by molar-refractivity contribution is 9.10. The van der Waals surface area contributed by atoms with Gasteiger partial charge in [0.15, 0.2) is 5.70 Å². The highest BCUT2D eigenvalue weighted by Crippen LogP contribution is 2.25. The van der Waals surface area contributed by atoms with Gasteiger partial charge in [-0.1, -0.05) is 33.6 Å². The molecule has 0 amide bonds. The summed E-state index contributed by atoms with van der Waals surface area (Å²) in [5.41, 5.74) is 2.31. The van der Waals surface area contributed by atoms with Crippen molar-refractivity contribution >= 4 is 45.5 Å². The number of cyclic esters (lactones) is 1. The minimum Gasteiger partial charge on any atom is -0.402 e. The molecule has 2 aromatic rings. The summed E-state index contributed by atoms with van der Waals surface area (Å²) in [4.78, 5) is 16.2. The molecule has 0 saturated heterocycles. The Morgan fingerprint density at radius 3 is 2.82 bits per heavy atom. The molecule has 3 rings (SSSR count). The normalized spacial score (nSPS) is 16.1. The number of hydrogen-bond acceptors (Lipinski definition) is 4. The van der Waals surface area contributed by atoms with E-state index >= 15 is 0 Å². The smallest absolute Gasteiger partial charge is 0.363 e. The summed E-state index contributed by atoms with van der Waals surface area (Å²) in [7, 11) is 1.74. The first-order valence-corrected chi connectivity index (χ1v) is 7.60. The van der Waals surface area contributed by atoms with Crippen molar-refractivity contribution in [3.8, 4) is 0 Å². The van der Waals surface area contributed by atoms with Gasteiger partial charge in [-0.3, -0.25) is 4.68 Å². The van der Waals surface area contributed by atoms with Crippen LogP contribution in [0.5, 0.6) is 0 Å². The maximum atomic E-state index is 12.0. The zero-order valence-corrected chi connectivity index (χ0v) is 14.1. The molecule has 0 aliphatic carbocycles. The average Bonchev–Trinajstić information content (AvgIpc) is 2.95. The van der Waals surface area contributed by atoms with Crippen molar-refractivity contribution in [2.75, 3.05) is 0 Å². The van der Waals surface area contributed by atoms with Crippen LogP contribution in [0.4, 0.5) is 0 Å². The monoisotopic (exact) mass is 379 g/mol. The van der Waals surface area contributed by atoms with Crippen molar-refractivity contribution in [2.45, 2.75) is 6.92 Å². The lowest BCUT2D eigenvalue weighted by Gasteiger charge is -1.99. The summed E-state index contributed by atoms with van der Waals surface area (Å²) in [6, 6.07) is 7.38. The maximum Gasteiger partial charge on any atom is 0.363 e. The Labute approximate surface area is 140 Å². The molecule has 0 atom stereocenters. The third kappa shape index (κ3) is 2.71. The van der Waals surface area contributed by atoms with Crippen LogP contribution in [-0.2, 0) is 16.6 Å². The zero-order chi connectivity index (χ0) is 15.9. The number of ether oxygens (including phenoxy) is 1. The highest BCUT2D eigenvalue weighted by atomic mass is 79.9. The van der Waals surface area contributed by atoms with Crippen LogP contribution in [0.2, 0.25) is 5.15 Å². The number of halogens is 2. The quantitative estimate of drug-likeness (QED) is 0.592. The van der Waals surface area contributed by atoms with Crippen molar-refractivity contribution in [3.05, 3.63) is 56.4 Å². The molecular weight excluding hydrogens is 370 g/mol. The van der Waals surface area contributed by atoms with Gasteiger partial charge in [-0.15, -0.1) is 0 Å². The number of nitrogens with zero attached hydrogens (tertiary/aromatic N) is 3. The van der Waals surface area contributed by atoms with Gasteiger partial charge >= 0.3 is 5.97 Å². The van der Waals surface area contributed by atoms with Gasteiger partial charge in [-0.05, 0) is 31.2 Å². The van der Waals surface area contributed by atoms with E-state index in [2.05, 4.69) is 26.0 Å². The molecular formula is C15H11BrClN3O2. The van der Waals surface area contributed by atoms with Gasteiger partial charge in [0.05, 0.1) is 5.69 Å². The van der Waals surface area contributed by atoms with Gasteiger partial charge in [-0.2, -0.15) is 5.10 Å². The molecule has 0 fully saturated rings. The minimum absolute atomic E-state index is 0.202. The van der Waals surface area contributed by atoms with Crippen molar-refractivity contribution < 1.29 is 9.53 Å². The number of aromatic nitrogens is 2. The Morgan fingerprint density at radius 1 is 1.41 bits per heavy atom. The number of hydrogen-bond donors (Lipinski definition) is 0. The minimum atomic E-state index is -0.505. The van der Waals surface area contributed by atoms with Crippen molar-refractivity contribution in [1.29, 1.82) is 0 Å². The first-order chi connectivity index (χ1) is 10.5. The summed E-state index contributed by atoms with van der Waals surface area (Å²) in [6.45, 7) is 1.82. The standard InChI is InChI=1S/C15H11BrClN3O2/c1-8-11(13(17)20(2)19-8)7-12-15(21)22-14(18-12)9-4-3-5-10(16)6-9/h3-7H,1-2H3/b12-7-. The number of esters is 1. The lowest BCUT2D eigenvalue weighted by molar-refractivity contribution is -0.129. The van der Waals surface area contributed by atoms with Crippen molar-refractivity contribution in [1.82, 2.24) is 9.78 Å². The second-order valence-electron chi connectivity index (χ2n) is 4.76. The number of carbonyl (C=O) groups is 1. The molecule has 0 saturated carbocycles. The third-order valence-electron chi connectivity index (χ3n) is 3.17. The van der Waals surface area contributed by atoms with E-state index in [1.54, 1.807) is 17.8 Å². The zero-order valence-electron chi connectivity index (χ0n) is 11.8. The molecule has 1 aliphatic heterocycles. The van der Waals surface area contributed by atoms with Crippen LogP contribution < -0.4 is 0 Å². The first kappa shape index (κ1) is 15.0. The summed E-state index contributed by atoms with van der Waals surface area (Å²) in [5.74, 6) is -0.232. The molecule has 1 aromatic heterocycles. The Bertz CT molecular complexity index is 839. The van der Waals surface area contributed by atoms with Gasteiger partial charge in [0.1, 0.15) is 5.15 Å². The molecule has 0 spiro atoms. The molecule has 5 nitrogen and oxygen atoms in total. The predicted octanol–water partition coefficient (Wildman–Crippen LogP) is 3.49. The summed E-state index contributed by atoms with van der Waals surface area (Å²) in [6.07, 6.45) is 1.60. The summed E-state index contributed by atoms with van der Waals surface area (Å²) < 4.78 is 7.65. The van der Waals surface area contributed by atoms with E-state index in [1.807, 2.05) is 31.2 Å². The number of aliphatic imine (C=N–C) groups is 1. The maximum absolute atomic E-state index is 12.0. The van der Waals surface area contributed by atoms with Crippen LogP contribution in [-0.4, -0.2) is 21.6 Å². The van der Waals surface area contributed by atoms with Crippen LogP contribution >= 0.6 is 27.5 Å². The number of benzene rings is 1. The molecule has 7 heteroatoms. The van der Waals surface area contributed by atoms with Crippen LogP contribution in [0.15, 0.2) is 39.4 Å². The Hall–Kier alpha value is -1.92. The predicted molar refractivity (Wildman–Crippen MR) is 87.7 cm³/mol. The molecule has 0 radical (unpaired) electrons. The number of carbonyl (C=O) groups excluding carboxylic acids is 1. The largest absolute Gasteiger partial charge is 0.402 e. The number of rotatable bonds is 2. The summed E-state index contributed by atoms with van der Waals surface area (Å²) in [5, 5.41) is 4.65. The highest BCUT2D eigenvalue weighted by Gasteiger charge is 2.25. The van der Waals surface area contributed by atoms with Gasteiger partial charge in [0, 0.05) is 22.6 Å². The van der Waals surface area contributed by atoms with Crippen molar-refractivity contribution in [3.63, 3.8) is 0 Å². The summed E-state index contributed by atoms with van der Waals surface area (Å²) >= 11 is 9.54. The number of aryl methyl sites for hydroxylation is 2. The van der Waals surface area contributed by atoms with Crippen molar-refractivity contribution in [2.24, 2.45) is 12.0 Å². The average molecular weight is 381 g/mol.